The van der Waals surface area contributed by atoms with E-state index in [9.17, 15) is 14.9 Å². The third-order valence-corrected chi connectivity index (χ3v) is 2.78. The fraction of sp³-hybridized carbons (Fsp3) is 0.133. The Morgan fingerprint density at radius 1 is 1.29 bits per heavy atom. The Bertz CT molecular complexity index is 672. The number of benzene rings is 1. The zero-order valence-corrected chi connectivity index (χ0v) is 11.3. The van der Waals surface area contributed by atoms with E-state index in [0.29, 0.717) is 0 Å². The molecular weight excluding hydrogens is 274 g/mol. The van der Waals surface area contributed by atoms with Crippen molar-refractivity contribution in [2.75, 3.05) is 7.11 Å². The minimum Gasteiger partial charge on any atom is -0.463 e. The van der Waals surface area contributed by atoms with Crippen LogP contribution in [0.3, 0.4) is 0 Å². The maximum atomic E-state index is 11.3. The predicted octanol–water partition coefficient (Wildman–Crippen LogP) is 2.93. The molecule has 0 aliphatic rings. The molecule has 0 aliphatic heterocycles. The minimum atomic E-state index is -0.625. The first-order valence-electron chi connectivity index (χ1n) is 6.17. The molecule has 0 spiro atoms. The second-order valence-electron chi connectivity index (χ2n) is 4.25. The summed E-state index contributed by atoms with van der Waals surface area (Å²) in [5, 5.41) is 11.1. The number of methoxy groups -OCH3 is 1. The number of carbonyl (C=O) groups excluding carboxylic acids is 1. The average Bonchev–Trinajstić information content (AvgIpc) is 2.95. The summed E-state index contributed by atoms with van der Waals surface area (Å²) in [4.78, 5) is 21.9. The van der Waals surface area contributed by atoms with Crippen LogP contribution in [-0.2, 0) is 11.2 Å². The minimum absolute atomic E-state index is 0.00570. The van der Waals surface area contributed by atoms with Crippen LogP contribution in [0.2, 0.25) is 0 Å². The van der Waals surface area contributed by atoms with Crippen molar-refractivity contribution in [3.05, 3.63) is 75.4 Å². The van der Waals surface area contributed by atoms with Gasteiger partial charge in [-0.25, -0.2) is 4.79 Å². The van der Waals surface area contributed by atoms with Crippen molar-refractivity contribution in [3.63, 3.8) is 0 Å². The lowest BCUT2D eigenvalue weighted by molar-refractivity contribution is -0.425. The van der Waals surface area contributed by atoms with Crippen LogP contribution in [0.25, 0.3) is 6.08 Å². The van der Waals surface area contributed by atoms with E-state index < -0.39 is 10.9 Å². The molecule has 0 amide bonds. The molecule has 6 nitrogen and oxygen atoms in total. The Morgan fingerprint density at radius 3 is 2.62 bits per heavy atom. The maximum absolute atomic E-state index is 11.3. The lowest BCUT2D eigenvalue weighted by Gasteiger charge is -1.99. The van der Waals surface area contributed by atoms with Crippen LogP contribution in [0.5, 0.6) is 0 Å². The van der Waals surface area contributed by atoms with E-state index in [2.05, 4.69) is 4.74 Å². The summed E-state index contributed by atoms with van der Waals surface area (Å²) in [5.74, 6) is -0.385. The third kappa shape index (κ3) is 3.79. The second kappa shape index (κ2) is 6.51. The molecule has 6 heteroatoms. The number of furan rings is 1. The summed E-state index contributed by atoms with van der Waals surface area (Å²) in [6.07, 6.45) is 1.47. The molecule has 2 rings (SSSR count). The van der Waals surface area contributed by atoms with Gasteiger partial charge in [-0.05, 0) is 17.7 Å². The first-order valence-corrected chi connectivity index (χ1v) is 6.17. The van der Waals surface area contributed by atoms with Crippen molar-refractivity contribution in [2.45, 2.75) is 6.42 Å². The molecule has 21 heavy (non-hydrogen) atoms. The van der Waals surface area contributed by atoms with Crippen LogP contribution >= 0.6 is 0 Å². The Morgan fingerprint density at radius 2 is 2.00 bits per heavy atom. The molecule has 0 saturated carbocycles. The van der Waals surface area contributed by atoms with E-state index in [-0.39, 0.29) is 23.6 Å². The molecule has 1 aromatic heterocycles. The number of hydrogen-bond donors (Lipinski definition) is 0. The van der Waals surface area contributed by atoms with Gasteiger partial charge in [0.2, 0.25) is 5.76 Å². The zero-order chi connectivity index (χ0) is 15.2. The molecule has 0 saturated heterocycles. The quantitative estimate of drug-likeness (QED) is 0.479. The van der Waals surface area contributed by atoms with Crippen LogP contribution in [0, 0.1) is 10.1 Å². The molecule has 0 N–H and O–H groups in total. The Kier molecular flexibility index (Phi) is 4.50. The van der Waals surface area contributed by atoms with Crippen molar-refractivity contribution in [2.24, 2.45) is 0 Å². The predicted molar refractivity (Wildman–Crippen MR) is 75.2 cm³/mol. The number of nitro groups is 1. The van der Waals surface area contributed by atoms with Gasteiger partial charge >= 0.3 is 5.97 Å². The zero-order valence-electron chi connectivity index (χ0n) is 11.3. The van der Waals surface area contributed by atoms with E-state index >= 15 is 0 Å². The first-order chi connectivity index (χ1) is 10.1. The summed E-state index contributed by atoms with van der Waals surface area (Å²) in [6.45, 7) is 0. The van der Waals surface area contributed by atoms with Gasteiger partial charge in [0.25, 0.3) is 5.70 Å². The van der Waals surface area contributed by atoms with Crippen LogP contribution in [0.4, 0.5) is 0 Å². The Balaban J connectivity index is 2.23. The molecule has 0 unspecified atom stereocenters. The van der Waals surface area contributed by atoms with Gasteiger partial charge in [0.1, 0.15) is 5.76 Å². The molecule has 2 aromatic rings. The highest BCUT2D eigenvalue weighted by atomic mass is 16.6. The van der Waals surface area contributed by atoms with E-state index in [1.54, 1.807) is 12.1 Å². The van der Waals surface area contributed by atoms with Gasteiger partial charge in [-0.1, -0.05) is 30.3 Å². The summed E-state index contributed by atoms with van der Waals surface area (Å²) in [7, 11) is 1.23. The molecule has 0 bridgehead atoms. The lowest BCUT2D eigenvalue weighted by atomic mass is 10.1. The number of rotatable bonds is 5. The van der Waals surface area contributed by atoms with Crippen molar-refractivity contribution in [1.29, 1.82) is 0 Å². The van der Waals surface area contributed by atoms with Crippen molar-refractivity contribution in [3.8, 4) is 0 Å². The normalized spacial score (nSPS) is 11.2. The average molecular weight is 287 g/mol. The highest BCUT2D eigenvalue weighted by molar-refractivity contribution is 5.86. The SMILES string of the molecule is COC(=O)c1ccc(C=C(Cc2ccccc2)[N+](=O)[O-])o1. The van der Waals surface area contributed by atoms with E-state index in [1.807, 2.05) is 18.2 Å². The number of esters is 1. The van der Waals surface area contributed by atoms with Gasteiger partial charge in [-0.3, -0.25) is 10.1 Å². The second-order valence-corrected chi connectivity index (χ2v) is 4.25. The monoisotopic (exact) mass is 287 g/mol. The molecule has 108 valence electrons. The van der Waals surface area contributed by atoms with Crippen LogP contribution < -0.4 is 0 Å². The molecule has 0 aliphatic carbocycles. The summed E-state index contributed by atoms with van der Waals surface area (Å²) in [5.41, 5.74) is 0.798. The number of hydrogen-bond acceptors (Lipinski definition) is 5. The van der Waals surface area contributed by atoms with Crippen LogP contribution in [-0.4, -0.2) is 18.0 Å². The fourth-order valence-electron chi connectivity index (χ4n) is 1.78. The smallest absolute Gasteiger partial charge is 0.373 e. The molecule has 0 atom stereocenters. The largest absolute Gasteiger partial charge is 0.463 e. The van der Waals surface area contributed by atoms with Gasteiger partial charge in [0.05, 0.1) is 24.5 Å². The molecule has 1 aromatic carbocycles. The van der Waals surface area contributed by atoms with Gasteiger partial charge < -0.3 is 9.15 Å². The van der Waals surface area contributed by atoms with Crippen molar-refractivity contribution in [1.82, 2.24) is 0 Å². The number of carbonyl (C=O) groups is 1. The summed E-state index contributed by atoms with van der Waals surface area (Å²) in [6, 6.07) is 12.0. The highest BCUT2D eigenvalue weighted by Crippen LogP contribution is 2.16. The van der Waals surface area contributed by atoms with Gasteiger partial charge in [0.15, 0.2) is 0 Å². The molecule has 0 fully saturated rings. The molecular formula is C15H13NO5. The van der Waals surface area contributed by atoms with Gasteiger partial charge in [-0.2, -0.15) is 0 Å². The summed E-state index contributed by atoms with van der Waals surface area (Å²) < 4.78 is 9.71. The van der Waals surface area contributed by atoms with Crippen LogP contribution in [0.15, 0.2) is 52.6 Å². The summed E-state index contributed by atoms with van der Waals surface area (Å²) >= 11 is 0. The topological polar surface area (TPSA) is 82.6 Å². The maximum Gasteiger partial charge on any atom is 0.373 e. The van der Waals surface area contributed by atoms with E-state index in [1.165, 1.54) is 25.3 Å². The Hall–Kier alpha value is -2.89. The fourth-order valence-corrected chi connectivity index (χ4v) is 1.78. The lowest BCUT2D eigenvalue weighted by Crippen LogP contribution is -2.02. The number of allylic oxidation sites excluding steroid dienone is 1. The van der Waals surface area contributed by atoms with Crippen molar-refractivity contribution >= 4 is 12.0 Å². The molecule has 1 heterocycles. The number of ether oxygens (including phenoxy) is 1. The number of nitrogens with zero attached hydrogens (tertiary/aromatic N) is 1. The Labute approximate surface area is 120 Å². The van der Waals surface area contributed by atoms with Crippen LogP contribution in [0.1, 0.15) is 21.9 Å². The standard InChI is InChI=1S/C15H13NO5/c1-20-15(17)14-8-7-13(21-14)10-12(16(18)19)9-11-5-3-2-4-6-11/h2-8,10H,9H2,1H3. The highest BCUT2D eigenvalue weighted by Gasteiger charge is 2.15. The van der Waals surface area contributed by atoms with Gasteiger partial charge in [-0.15, -0.1) is 0 Å². The first kappa shape index (κ1) is 14.5. The van der Waals surface area contributed by atoms with E-state index in [4.69, 9.17) is 4.42 Å². The molecule has 0 radical (unpaired) electrons. The van der Waals surface area contributed by atoms with E-state index in [0.717, 1.165) is 5.56 Å². The van der Waals surface area contributed by atoms with Gasteiger partial charge in [0, 0.05) is 0 Å². The third-order valence-electron chi connectivity index (χ3n) is 2.78. The van der Waals surface area contributed by atoms with Crippen molar-refractivity contribution < 1.29 is 18.9 Å².